The molecule has 0 saturated heterocycles. The van der Waals surface area contributed by atoms with Gasteiger partial charge < -0.3 is 25.2 Å². The van der Waals surface area contributed by atoms with Crippen LogP contribution in [-0.4, -0.2) is 54.3 Å². The second kappa shape index (κ2) is 23.4. The zero-order valence-electron chi connectivity index (χ0n) is 29.5. The Bertz CT molecular complexity index is 1220. The molecule has 1 aliphatic heterocycles. The smallest absolute Gasteiger partial charge is 0.417 e. The minimum Gasteiger partial charge on any atom is -0.491 e. The number of ether oxygens (including phenoxy) is 2. The van der Waals surface area contributed by atoms with Gasteiger partial charge in [0.05, 0.1) is 18.4 Å². The summed E-state index contributed by atoms with van der Waals surface area (Å²) in [6.07, 6.45) is 8.90. The summed E-state index contributed by atoms with van der Waals surface area (Å²) >= 11 is 7.47. The van der Waals surface area contributed by atoms with Gasteiger partial charge >= 0.3 is 6.09 Å². The molecule has 0 saturated carbocycles. The van der Waals surface area contributed by atoms with Crippen LogP contribution in [0.5, 0.6) is 5.75 Å². The predicted octanol–water partition coefficient (Wildman–Crippen LogP) is 8.98. The first-order valence-corrected chi connectivity index (χ1v) is 18.4. The summed E-state index contributed by atoms with van der Waals surface area (Å²) in [7, 11) is 0. The number of allylic oxidation sites excluding steroid dienone is 1. The number of carbonyl (C=O) groups is 2. The Morgan fingerprint density at radius 3 is 2.57 bits per heavy atom. The normalized spacial score (nSPS) is 14.7. The summed E-state index contributed by atoms with van der Waals surface area (Å²) < 4.78 is 14.1. The van der Waals surface area contributed by atoms with Crippen LogP contribution < -0.4 is 20.1 Å². The van der Waals surface area contributed by atoms with Crippen LogP contribution in [0, 0.1) is 5.92 Å². The molecular formula is C37H58ClN3O5S. The second-order valence-electron chi connectivity index (χ2n) is 11.9. The van der Waals surface area contributed by atoms with Gasteiger partial charge in [-0.15, -0.1) is 0 Å². The van der Waals surface area contributed by atoms with Crippen LogP contribution in [0.4, 0.5) is 10.5 Å². The van der Waals surface area contributed by atoms with Crippen LogP contribution in [-0.2, 0) is 11.2 Å². The molecule has 4 N–H and O–H groups in total. The minimum atomic E-state index is -0.541. The first kappa shape index (κ1) is 42.1. The molecule has 2 aromatic carbocycles. The number of nitrogens with one attached hydrogen (secondary N) is 1. The summed E-state index contributed by atoms with van der Waals surface area (Å²) in [5.74, 6) is 1.35. The van der Waals surface area contributed by atoms with Gasteiger partial charge in [-0.05, 0) is 114 Å². The van der Waals surface area contributed by atoms with Crippen molar-refractivity contribution < 1.29 is 24.2 Å². The van der Waals surface area contributed by atoms with E-state index in [1.165, 1.54) is 17.5 Å². The number of rotatable bonds is 15. The van der Waals surface area contributed by atoms with E-state index >= 15 is 0 Å². The lowest BCUT2D eigenvalue weighted by molar-refractivity contribution is 0.0574. The molecule has 8 nitrogen and oxygen atoms in total. The Kier molecular flexibility index (Phi) is 21.0. The number of carbonyl (C=O) groups excluding carboxylic acids is 2. The molecule has 0 aliphatic carbocycles. The van der Waals surface area contributed by atoms with Crippen LogP contribution in [0.15, 0.2) is 54.6 Å². The fourth-order valence-corrected chi connectivity index (χ4v) is 5.69. The Balaban J connectivity index is 0.00000265. The molecule has 1 aliphatic rings. The SMILES string of the molecule is CC.CC.CC(C)(C)OC(=O)NSCCC/C=C/[C@H](O)CCCN1CC(CCCc2cccc(Cl)c2)COc2ccc(C(N)=O)cc21. The van der Waals surface area contributed by atoms with Crippen molar-refractivity contribution in [3.63, 3.8) is 0 Å². The number of fused-ring (bicyclic) bond motifs is 1. The standard InChI is InChI=1S/C33H46ClN3O5S.2C2H6/c1-33(2,3)42-32(40)36-43-19-6-4-5-14-28(38)15-9-18-37-22-25(12-7-10-24-11-8-13-27(34)20-24)23-41-30-17-16-26(31(35)39)21-29(30)37;2*1-2/h5,8,11,13-14,16-17,20-21,25,28,38H,4,6-7,9-10,12,15,18-19,22-23H2,1-3H3,(H2,35,39)(H,36,40);2*1-2H3/b14-5+;;/t25?,28-;;/m0../s1. The number of nitrogens with zero attached hydrogens (tertiary/aromatic N) is 1. The number of primary amides is 1. The van der Waals surface area contributed by atoms with Gasteiger partial charge in [-0.1, -0.05) is 63.6 Å². The van der Waals surface area contributed by atoms with Crippen molar-refractivity contribution in [3.8, 4) is 5.75 Å². The highest BCUT2D eigenvalue weighted by atomic mass is 35.5. The van der Waals surface area contributed by atoms with Gasteiger partial charge in [-0.2, -0.15) is 0 Å². The van der Waals surface area contributed by atoms with Gasteiger partial charge in [0.25, 0.3) is 0 Å². The highest BCUT2D eigenvalue weighted by molar-refractivity contribution is 7.97. The molecule has 264 valence electrons. The van der Waals surface area contributed by atoms with Crippen molar-refractivity contribution in [1.82, 2.24) is 4.72 Å². The Hall–Kier alpha value is -2.88. The molecule has 0 fully saturated rings. The lowest BCUT2D eigenvalue weighted by atomic mass is 9.99. The van der Waals surface area contributed by atoms with Gasteiger partial charge in [-0.25, -0.2) is 4.79 Å². The number of halogens is 1. The van der Waals surface area contributed by atoms with Gasteiger partial charge in [-0.3, -0.25) is 9.52 Å². The quantitative estimate of drug-likeness (QED) is 0.0970. The van der Waals surface area contributed by atoms with Gasteiger partial charge in [0.1, 0.15) is 11.4 Å². The number of hydrogen-bond acceptors (Lipinski definition) is 7. The molecule has 0 bridgehead atoms. The number of aliphatic hydroxyl groups excluding tert-OH is 1. The molecular weight excluding hydrogens is 634 g/mol. The zero-order chi connectivity index (χ0) is 35.2. The van der Waals surface area contributed by atoms with Crippen LogP contribution in [0.25, 0.3) is 0 Å². The molecule has 0 spiro atoms. The predicted molar refractivity (Wildman–Crippen MR) is 199 cm³/mol. The van der Waals surface area contributed by atoms with Gasteiger partial charge in [0.2, 0.25) is 5.91 Å². The van der Waals surface area contributed by atoms with Crippen molar-refractivity contribution in [2.45, 2.75) is 105 Å². The first-order chi connectivity index (χ1) is 22.5. The van der Waals surface area contributed by atoms with E-state index in [1.807, 2.05) is 91.0 Å². The fraction of sp³-hybridized carbons (Fsp3) is 0.568. The molecule has 0 aromatic heterocycles. The number of aliphatic hydroxyl groups is 1. The van der Waals surface area contributed by atoms with Crippen LogP contribution in [0.2, 0.25) is 5.02 Å². The maximum Gasteiger partial charge on any atom is 0.417 e. The topological polar surface area (TPSA) is 114 Å². The maximum atomic E-state index is 11.9. The van der Waals surface area contributed by atoms with Crippen LogP contribution in [0.3, 0.4) is 0 Å². The van der Waals surface area contributed by atoms with Gasteiger partial charge in [0, 0.05) is 35.3 Å². The monoisotopic (exact) mass is 691 g/mol. The summed E-state index contributed by atoms with van der Waals surface area (Å²) in [5.41, 5.74) is 7.62. The highest BCUT2D eigenvalue weighted by Crippen LogP contribution is 2.34. The largest absolute Gasteiger partial charge is 0.491 e. The number of amides is 2. The maximum absolute atomic E-state index is 11.9. The lowest BCUT2D eigenvalue weighted by Gasteiger charge is -2.27. The van der Waals surface area contributed by atoms with Crippen molar-refractivity contribution in [2.24, 2.45) is 11.7 Å². The van der Waals surface area contributed by atoms with E-state index in [1.54, 1.807) is 6.07 Å². The minimum absolute atomic E-state index is 0.316. The molecule has 47 heavy (non-hydrogen) atoms. The third-order valence-electron chi connectivity index (χ3n) is 6.96. The zero-order valence-corrected chi connectivity index (χ0v) is 31.1. The third kappa shape index (κ3) is 17.7. The molecule has 0 radical (unpaired) electrons. The summed E-state index contributed by atoms with van der Waals surface area (Å²) in [6, 6.07) is 13.3. The average Bonchev–Trinajstić information content (AvgIpc) is 3.20. The van der Waals surface area contributed by atoms with E-state index in [-0.39, 0.29) is 0 Å². The van der Waals surface area contributed by atoms with Crippen LogP contribution >= 0.6 is 23.5 Å². The summed E-state index contributed by atoms with van der Waals surface area (Å²) in [5, 5.41) is 11.3. The lowest BCUT2D eigenvalue weighted by Crippen LogP contribution is -2.31. The Morgan fingerprint density at radius 1 is 1.15 bits per heavy atom. The van der Waals surface area contributed by atoms with E-state index < -0.39 is 23.7 Å². The number of nitrogens with two attached hydrogens (primary N) is 1. The molecule has 1 heterocycles. The fourth-order valence-electron chi connectivity index (χ4n) is 4.91. The van der Waals surface area contributed by atoms with Crippen molar-refractivity contribution in [2.75, 3.05) is 30.3 Å². The average molecular weight is 692 g/mol. The molecule has 1 unspecified atom stereocenters. The molecule has 10 heteroatoms. The summed E-state index contributed by atoms with van der Waals surface area (Å²) in [4.78, 5) is 25.8. The van der Waals surface area contributed by atoms with E-state index in [4.69, 9.17) is 26.8 Å². The van der Waals surface area contributed by atoms with E-state index in [9.17, 15) is 14.7 Å². The third-order valence-corrected chi connectivity index (χ3v) is 8.00. The number of unbranched alkanes of at least 4 members (excludes halogenated alkanes) is 1. The Labute approximate surface area is 292 Å². The molecule has 2 amide bonds. The molecule has 2 aromatic rings. The van der Waals surface area contributed by atoms with Crippen molar-refractivity contribution in [1.29, 1.82) is 0 Å². The van der Waals surface area contributed by atoms with E-state index in [2.05, 4.69) is 15.7 Å². The first-order valence-electron chi connectivity index (χ1n) is 17.0. The molecule has 2 atom stereocenters. The van der Waals surface area contributed by atoms with Crippen LogP contribution in [0.1, 0.15) is 103 Å². The second-order valence-corrected chi connectivity index (χ2v) is 13.3. The van der Waals surface area contributed by atoms with E-state index in [0.717, 1.165) is 73.8 Å². The van der Waals surface area contributed by atoms with Crippen molar-refractivity contribution >= 4 is 41.2 Å². The van der Waals surface area contributed by atoms with E-state index in [0.29, 0.717) is 24.5 Å². The number of hydrogen-bond donors (Lipinski definition) is 3. The van der Waals surface area contributed by atoms with Gasteiger partial charge in [0.15, 0.2) is 0 Å². The van der Waals surface area contributed by atoms with Crippen molar-refractivity contribution in [3.05, 3.63) is 70.8 Å². The Morgan fingerprint density at radius 2 is 1.89 bits per heavy atom. The number of aryl methyl sites for hydroxylation is 1. The highest BCUT2D eigenvalue weighted by Gasteiger charge is 2.24. The summed E-state index contributed by atoms with van der Waals surface area (Å²) in [6.45, 7) is 15.6. The number of anilines is 1. The molecule has 3 rings (SSSR count). The number of benzene rings is 2.